The molecule has 0 spiro atoms. The van der Waals surface area contributed by atoms with Crippen LogP contribution in [0.4, 0.5) is 5.82 Å². The average molecular weight is 353 g/mol. The standard InChI is InChI=1S/C18H23N7O/c1-24(11-15-10-23-25-6-2-4-20-18(15)25)7-5-19-17-9-16(21-13-22-17)14-3-8-26-12-14/h2,4,6,9-10,13-14H,3,5,7-8,11-12H2,1H3,(H,19,21,22). The van der Waals surface area contributed by atoms with Gasteiger partial charge < -0.3 is 15.0 Å². The van der Waals surface area contributed by atoms with Crippen molar-refractivity contribution in [3.63, 3.8) is 0 Å². The average Bonchev–Trinajstić information content (AvgIpc) is 3.33. The minimum atomic E-state index is 0.393. The molecule has 1 saturated heterocycles. The highest BCUT2D eigenvalue weighted by atomic mass is 16.5. The Bertz CT molecular complexity index is 859. The molecule has 1 aliphatic rings. The molecule has 3 aromatic heterocycles. The predicted molar refractivity (Wildman–Crippen MR) is 98.0 cm³/mol. The van der Waals surface area contributed by atoms with Crippen LogP contribution in [0.25, 0.3) is 5.65 Å². The number of anilines is 1. The number of rotatable bonds is 7. The number of aromatic nitrogens is 5. The van der Waals surface area contributed by atoms with E-state index in [4.69, 9.17) is 4.74 Å². The van der Waals surface area contributed by atoms with Gasteiger partial charge in [-0.3, -0.25) is 0 Å². The highest BCUT2D eigenvalue weighted by Crippen LogP contribution is 2.24. The smallest absolute Gasteiger partial charge is 0.159 e. The molecule has 4 rings (SSSR count). The lowest BCUT2D eigenvalue weighted by Gasteiger charge is -2.16. The summed E-state index contributed by atoms with van der Waals surface area (Å²) in [4.78, 5) is 15.3. The molecule has 0 saturated carbocycles. The zero-order valence-electron chi connectivity index (χ0n) is 14.9. The van der Waals surface area contributed by atoms with Crippen LogP contribution in [-0.4, -0.2) is 62.8 Å². The summed E-state index contributed by atoms with van der Waals surface area (Å²) < 4.78 is 7.25. The topological polar surface area (TPSA) is 80.5 Å². The van der Waals surface area contributed by atoms with E-state index in [1.54, 1.807) is 17.0 Å². The molecule has 1 atom stereocenters. The molecular formula is C18H23N7O. The van der Waals surface area contributed by atoms with Crippen LogP contribution in [0.5, 0.6) is 0 Å². The SMILES string of the molecule is CN(CCNc1cc(C2CCOC2)ncn1)Cc1cnn2cccnc12. The first-order chi connectivity index (χ1) is 12.8. The van der Waals surface area contributed by atoms with E-state index in [0.717, 1.165) is 62.0 Å². The Hall–Kier alpha value is -2.58. The van der Waals surface area contributed by atoms with Crippen LogP contribution in [0.3, 0.4) is 0 Å². The van der Waals surface area contributed by atoms with Crippen molar-refractivity contribution in [1.29, 1.82) is 0 Å². The van der Waals surface area contributed by atoms with E-state index in [2.05, 4.69) is 37.3 Å². The monoisotopic (exact) mass is 353 g/mol. The third kappa shape index (κ3) is 3.81. The third-order valence-electron chi connectivity index (χ3n) is 4.63. The molecule has 26 heavy (non-hydrogen) atoms. The lowest BCUT2D eigenvalue weighted by molar-refractivity contribution is 0.193. The van der Waals surface area contributed by atoms with Crippen molar-refractivity contribution in [2.24, 2.45) is 0 Å². The molecule has 0 bridgehead atoms. The highest BCUT2D eigenvalue weighted by Gasteiger charge is 2.19. The lowest BCUT2D eigenvalue weighted by atomic mass is 10.1. The molecule has 1 aliphatic heterocycles. The van der Waals surface area contributed by atoms with Crippen LogP contribution >= 0.6 is 0 Å². The van der Waals surface area contributed by atoms with Gasteiger partial charge in [0.1, 0.15) is 12.1 Å². The molecule has 0 aliphatic carbocycles. The summed E-state index contributed by atoms with van der Waals surface area (Å²) in [5.41, 5.74) is 3.09. The summed E-state index contributed by atoms with van der Waals surface area (Å²) in [6.07, 6.45) is 8.25. The molecule has 4 heterocycles. The summed E-state index contributed by atoms with van der Waals surface area (Å²) in [5.74, 6) is 1.26. The molecule has 8 nitrogen and oxygen atoms in total. The summed E-state index contributed by atoms with van der Waals surface area (Å²) >= 11 is 0. The van der Waals surface area contributed by atoms with Crippen molar-refractivity contribution in [2.75, 3.05) is 38.7 Å². The van der Waals surface area contributed by atoms with Gasteiger partial charge in [0.2, 0.25) is 0 Å². The zero-order chi connectivity index (χ0) is 17.8. The Kier molecular flexibility index (Phi) is 5.03. The Morgan fingerprint density at radius 2 is 2.31 bits per heavy atom. The van der Waals surface area contributed by atoms with Crippen LogP contribution in [0.2, 0.25) is 0 Å². The van der Waals surface area contributed by atoms with E-state index >= 15 is 0 Å². The number of fused-ring (bicyclic) bond motifs is 1. The van der Waals surface area contributed by atoms with Crippen LogP contribution in [0.15, 0.2) is 37.1 Å². The number of likely N-dealkylation sites (N-methyl/N-ethyl adjacent to an activating group) is 1. The fourth-order valence-corrected chi connectivity index (χ4v) is 3.19. The minimum Gasteiger partial charge on any atom is -0.381 e. The van der Waals surface area contributed by atoms with E-state index in [0.29, 0.717) is 5.92 Å². The molecule has 3 aromatic rings. The fraction of sp³-hybridized carbons (Fsp3) is 0.444. The van der Waals surface area contributed by atoms with Gasteiger partial charge in [0.15, 0.2) is 5.65 Å². The predicted octanol–water partition coefficient (Wildman–Crippen LogP) is 1.57. The molecule has 0 amide bonds. The summed E-state index contributed by atoms with van der Waals surface area (Å²) in [6, 6.07) is 3.92. The summed E-state index contributed by atoms with van der Waals surface area (Å²) in [5, 5.41) is 7.72. The number of nitrogens with one attached hydrogen (secondary N) is 1. The first-order valence-corrected chi connectivity index (χ1v) is 8.89. The van der Waals surface area contributed by atoms with E-state index in [9.17, 15) is 0 Å². The van der Waals surface area contributed by atoms with Gasteiger partial charge in [-0.05, 0) is 19.5 Å². The van der Waals surface area contributed by atoms with Gasteiger partial charge in [-0.15, -0.1) is 0 Å². The van der Waals surface area contributed by atoms with Crippen molar-refractivity contribution in [2.45, 2.75) is 18.9 Å². The fourth-order valence-electron chi connectivity index (χ4n) is 3.19. The molecule has 0 aromatic carbocycles. The maximum absolute atomic E-state index is 5.45. The first-order valence-electron chi connectivity index (χ1n) is 8.89. The second kappa shape index (κ2) is 7.76. The molecule has 1 N–H and O–H groups in total. The molecule has 1 unspecified atom stereocenters. The normalized spacial score (nSPS) is 17.2. The number of hydrogen-bond donors (Lipinski definition) is 1. The molecule has 8 heteroatoms. The van der Waals surface area contributed by atoms with E-state index < -0.39 is 0 Å². The Labute approximate surface area is 152 Å². The van der Waals surface area contributed by atoms with Crippen molar-refractivity contribution >= 4 is 11.5 Å². The van der Waals surface area contributed by atoms with Crippen molar-refractivity contribution in [1.82, 2.24) is 29.5 Å². The molecule has 136 valence electrons. The van der Waals surface area contributed by atoms with Gasteiger partial charge in [0.25, 0.3) is 0 Å². The molecular weight excluding hydrogens is 330 g/mol. The van der Waals surface area contributed by atoms with Gasteiger partial charge in [-0.25, -0.2) is 19.5 Å². The largest absolute Gasteiger partial charge is 0.381 e. The van der Waals surface area contributed by atoms with Gasteiger partial charge >= 0.3 is 0 Å². The summed E-state index contributed by atoms with van der Waals surface area (Å²) in [7, 11) is 2.09. The van der Waals surface area contributed by atoms with Gasteiger partial charge in [0.05, 0.1) is 18.5 Å². The van der Waals surface area contributed by atoms with Gasteiger partial charge in [-0.2, -0.15) is 5.10 Å². The number of nitrogens with zero attached hydrogens (tertiary/aromatic N) is 6. The Morgan fingerprint density at radius 1 is 1.35 bits per heavy atom. The Morgan fingerprint density at radius 3 is 3.19 bits per heavy atom. The third-order valence-corrected chi connectivity index (χ3v) is 4.63. The number of ether oxygens (including phenoxy) is 1. The van der Waals surface area contributed by atoms with Crippen LogP contribution in [0.1, 0.15) is 23.6 Å². The van der Waals surface area contributed by atoms with Gasteiger partial charge in [0, 0.05) is 56.2 Å². The zero-order valence-corrected chi connectivity index (χ0v) is 14.9. The van der Waals surface area contributed by atoms with Crippen molar-refractivity contribution in [3.8, 4) is 0 Å². The molecule has 1 fully saturated rings. The first kappa shape index (κ1) is 16.9. The second-order valence-corrected chi connectivity index (χ2v) is 6.61. The quantitative estimate of drug-likeness (QED) is 0.690. The minimum absolute atomic E-state index is 0.393. The van der Waals surface area contributed by atoms with Gasteiger partial charge in [-0.1, -0.05) is 0 Å². The van der Waals surface area contributed by atoms with E-state index in [1.807, 2.05) is 24.5 Å². The highest BCUT2D eigenvalue weighted by molar-refractivity contribution is 5.45. The van der Waals surface area contributed by atoms with E-state index in [1.165, 1.54) is 0 Å². The van der Waals surface area contributed by atoms with Crippen molar-refractivity contribution < 1.29 is 4.74 Å². The lowest BCUT2D eigenvalue weighted by Crippen LogP contribution is -2.25. The Balaban J connectivity index is 1.29. The maximum atomic E-state index is 5.45. The summed E-state index contributed by atoms with van der Waals surface area (Å²) in [6.45, 7) is 4.07. The van der Waals surface area contributed by atoms with Crippen LogP contribution < -0.4 is 5.32 Å². The second-order valence-electron chi connectivity index (χ2n) is 6.61. The van der Waals surface area contributed by atoms with Crippen LogP contribution in [0, 0.1) is 0 Å². The number of hydrogen-bond acceptors (Lipinski definition) is 7. The maximum Gasteiger partial charge on any atom is 0.159 e. The van der Waals surface area contributed by atoms with E-state index in [-0.39, 0.29) is 0 Å². The molecule has 0 radical (unpaired) electrons. The van der Waals surface area contributed by atoms with Crippen molar-refractivity contribution in [3.05, 3.63) is 48.3 Å². The van der Waals surface area contributed by atoms with Crippen LogP contribution in [-0.2, 0) is 11.3 Å².